The Kier molecular flexibility index (Phi) is 4.73. The van der Waals surface area contributed by atoms with Crippen molar-refractivity contribution in [2.75, 3.05) is 5.32 Å². The number of carbonyl (C=O) groups is 2. The Hall–Kier alpha value is -2.11. The van der Waals surface area contributed by atoms with Gasteiger partial charge in [0.05, 0.1) is 0 Å². The second-order valence-corrected chi connectivity index (χ2v) is 6.83. The van der Waals surface area contributed by atoms with Crippen molar-refractivity contribution < 1.29 is 9.59 Å². The van der Waals surface area contributed by atoms with Crippen molar-refractivity contribution in [2.24, 2.45) is 0 Å². The van der Waals surface area contributed by atoms with Crippen LogP contribution in [0.1, 0.15) is 15.9 Å². The monoisotopic (exact) mass is 404 g/mol. The topological polar surface area (TPSA) is 51.1 Å². The number of aryl methyl sites for hydroxylation is 1. The van der Waals surface area contributed by atoms with Crippen LogP contribution < -0.4 is 5.32 Å². The van der Waals surface area contributed by atoms with Crippen LogP contribution in [0.15, 0.2) is 47.1 Å². The second kappa shape index (κ2) is 6.79. The van der Waals surface area contributed by atoms with Gasteiger partial charge in [-0.2, -0.15) is 0 Å². The molecule has 0 saturated heterocycles. The van der Waals surface area contributed by atoms with Crippen molar-refractivity contribution in [3.63, 3.8) is 0 Å². The summed E-state index contributed by atoms with van der Waals surface area (Å²) in [7, 11) is 0. The van der Waals surface area contributed by atoms with Crippen molar-refractivity contribution in [1.29, 1.82) is 0 Å². The number of nitrogens with one attached hydrogen (secondary N) is 1. The Morgan fingerprint density at radius 1 is 1.29 bits per heavy atom. The van der Waals surface area contributed by atoms with Gasteiger partial charge in [0.1, 0.15) is 6.54 Å². The highest BCUT2D eigenvalue weighted by atomic mass is 79.9. The number of aromatic nitrogens is 1. The van der Waals surface area contributed by atoms with Crippen LogP contribution in [0, 0.1) is 6.92 Å². The van der Waals surface area contributed by atoms with Gasteiger partial charge in [-0.15, -0.1) is 0 Å². The summed E-state index contributed by atoms with van der Waals surface area (Å²) in [5.41, 5.74) is 2.98. The summed E-state index contributed by atoms with van der Waals surface area (Å²) in [4.78, 5) is 23.6. The molecule has 0 atom stereocenters. The van der Waals surface area contributed by atoms with Gasteiger partial charge in [-0.05, 0) is 48.9 Å². The number of aldehydes is 1. The van der Waals surface area contributed by atoms with Crippen molar-refractivity contribution >= 4 is 56.3 Å². The molecule has 1 N–H and O–H groups in total. The number of nitrogens with zero attached hydrogens (tertiary/aromatic N) is 1. The van der Waals surface area contributed by atoms with E-state index in [1.807, 2.05) is 31.2 Å². The predicted octanol–water partition coefficient (Wildman–Crippen LogP) is 4.82. The number of amides is 1. The molecular weight excluding hydrogens is 392 g/mol. The largest absolute Gasteiger partial charge is 0.337 e. The molecule has 0 bridgehead atoms. The van der Waals surface area contributed by atoms with Crippen LogP contribution in [0.2, 0.25) is 5.02 Å². The van der Waals surface area contributed by atoms with Crippen LogP contribution >= 0.6 is 27.5 Å². The van der Waals surface area contributed by atoms with E-state index in [-0.39, 0.29) is 12.5 Å². The number of hydrogen-bond donors (Lipinski definition) is 1. The predicted molar refractivity (Wildman–Crippen MR) is 99.8 cm³/mol. The second-order valence-electron chi connectivity index (χ2n) is 5.50. The lowest BCUT2D eigenvalue weighted by atomic mass is 10.2. The number of rotatable bonds is 4. The molecule has 4 nitrogen and oxygen atoms in total. The Labute approximate surface area is 152 Å². The molecule has 1 aromatic heterocycles. The van der Waals surface area contributed by atoms with Crippen LogP contribution in [0.5, 0.6) is 0 Å². The zero-order valence-electron chi connectivity index (χ0n) is 12.8. The maximum absolute atomic E-state index is 12.3. The van der Waals surface area contributed by atoms with Crippen molar-refractivity contribution in [3.05, 3.63) is 63.2 Å². The Morgan fingerprint density at radius 2 is 2.08 bits per heavy atom. The van der Waals surface area contributed by atoms with E-state index in [0.717, 1.165) is 27.2 Å². The minimum absolute atomic E-state index is 0.119. The van der Waals surface area contributed by atoms with E-state index in [1.54, 1.807) is 22.9 Å². The molecule has 6 heteroatoms. The number of anilines is 1. The number of benzene rings is 2. The smallest absolute Gasteiger partial charge is 0.244 e. The van der Waals surface area contributed by atoms with E-state index in [1.165, 1.54) is 0 Å². The van der Waals surface area contributed by atoms with Crippen molar-refractivity contribution in [1.82, 2.24) is 4.57 Å². The highest BCUT2D eigenvalue weighted by Crippen LogP contribution is 2.25. The molecule has 1 heterocycles. The van der Waals surface area contributed by atoms with Crippen LogP contribution in [0.25, 0.3) is 10.9 Å². The normalized spacial score (nSPS) is 10.8. The standard InChI is InChI=1S/C18H14BrClN2O2/c1-11-6-14(3-4-16(11)20)21-18(24)9-22-8-12(10-23)15-7-13(19)2-5-17(15)22/h2-8,10H,9H2,1H3,(H,21,24). The van der Waals surface area contributed by atoms with E-state index < -0.39 is 0 Å². The SMILES string of the molecule is Cc1cc(NC(=O)Cn2cc(C=O)c3cc(Br)ccc32)ccc1Cl. The maximum Gasteiger partial charge on any atom is 0.244 e. The fourth-order valence-corrected chi connectivity index (χ4v) is 3.08. The van der Waals surface area contributed by atoms with Crippen LogP contribution in [-0.4, -0.2) is 16.8 Å². The average Bonchev–Trinajstić information content (AvgIpc) is 2.87. The lowest BCUT2D eigenvalue weighted by Gasteiger charge is -2.09. The molecule has 24 heavy (non-hydrogen) atoms. The van der Waals surface area contributed by atoms with Gasteiger partial charge in [-0.3, -0.25) is 9.59 Å². The molecule has 122 valence electrons. The van der Waals surface area contributed by atoms with Crippen LogP contribution in [0.4, 0.5) is 5.69 Å². The van der Waals surface area contributed by atoms with Gasteiger partial charge in [0.15, 0.2) is 6.29 Å². The summed E-state index contributed by atoms with van der Waals surface area (Å²) >= 11 is 9.39. The number of fused-ring (bicyclic) bond motifs is 1. The summed E-state index contributed by atoms with van der Waals surface area (Å²) < 4.78 is 2.65. The third-order valence-electron chi connectivity index (χ3n) is 3.76. The first kappa shape index (κ1) is 16.7. The van der Waals surface area contributed by atoms with Gasteiger partial charge < -0.3 is 9.88 Å². The molecule has 0 radical (unpaired) electrons. The fraction of sp³-hybridized carbons (Fsp3) is 0.111. The molecular formula is C18H14BrClN2O2. The van der Waals surface area contributed by atoms with E-state index in [0.29, 0.717) is 16.3 Å². The Morgan fingerprint density at radius 3 is 2.79 bits per heavy atom. The highest BCUT2D eigenvalue weighted by Gasteiger charge is 2.12. The maximum atomic E-state index is 12.3. The molecule has 0 fully saturated rings. The van der Waals surface area contributed by atoms with Gasteiger partial charge in [-0.25, -0.2) is 0 Å². The highest BCUT2D eigenvalue weighted by molar-refractivity contribution is 9.10. The molecule has 2 aromatic carbocycles. The third-order valence-corrected chi connectivity index (χ3v) is 4.67. The van der Waals surface area contributed by atoms with Gasteiger partial charge in [-0.1, -0.05) is 27.5 Å². The summed E-state index contributed by atoms with van der Waals surface area (Å²) in [6.07, 6.45) is 2.49. The van der Waals surface area contributed by atoms with E-state index >= 15 is 0 Å². The third kappa shape index (κ3) is 3.37. The minimum Gasteiger partial charge on any atom is -0.337 e. The molecule has 0 unspecified atom stereocenters. The van der Waals surface area contributed by atoms with Crippen molar-refractivity contribution in [2.45, 2.75) is 13.5 Å². The van der Waals surface area contributed by atoms with E-state index in [4.69, 9.17) is 11.6 Å². The average molecular weight is 406 g/mol. The van der Waals surface area contributed by atoms with Gasteiger partial charge in [0.2, 0.25) is 5.91 Å². The fourth-order valence-electron chi connectivity index (χ4n) is 2.60. The minimum atomic E-state index is -0.172. The van der Waals surface area contributed by atoms with Crippen LogP contribution in [0.3, 0.4) is 0 Å². The first-order chi connectivity index (χ1) is 11.5. The van der Waals surface area contributed by atoms with E-state index in [9.17, 15) is 9.59 Å². The van der Waals surface area contributed by atoms with Gasteiger partial charge in [0, 0.05) is 37.8 Å². The molecule has 0 aliphatic heterocycles. The lowest BCUT2D eigenvalue weighted by molar-refractivity contribution is -0.116. The Bertz CT molecular complexity index is 950. The first-order valence-electron chi connectivity index (χ1n) is 7.27. The Balaban J connectivity index is 1.85. The lowest BCUT2D eigenvalue weighted by Crippen LogP contribution is -2.18. The van der Waals surface area contributed by atoms with Gasteiger partial charge >= 0.3 is 0 Å². The number of carbonyl (C=O) groups excluding carboxylic acids is 2. The molecule has 0 aliphatic carbocycles. The summed E-state index contributed by atoms with van der Waals surface area (Å²) in [5.74, 6) is -0.172. The molecule has 0 aliphatic rings. The molecule has 0 spiro atoms. The van der Waals surface area contributed by atoms with Gasteiger partial charge in [0.25, 0.3) is 0 Å². The first-order valence-corrected chi connectivity index (χ1v) is 8.44. The van der Waals surface area contributed by atoms with Crippen LogP contribution in [-0.2, 0) is 11.3 Å². The molecule has 3 rings (SSSR count). The quantitative estimate of drug-likeness (QED) is 0.633. The summed E-state index contributed by atoms with van der Waals surface area (Å²) in [6, 6.07) is 11.0. The van der Waals surface area contributed by atoms with Crippen molar-refractivity contribution in [3.8, 4) is 0 Å². The zero-order valence-corrected chi connectivity index (χ0v) is 15.2. The number of hydrogen-bond acceptors (Lipinski definition) is 2. The zero-order chi connectivity index (χ0) is 17.3. The number of halogens is 2. The molecule has 0 saturated carbocycles. The summed E-state index contributed by atoms with van der Waals surface area (Å²) in [6.45, 7) is 2.00. The summed E-state index contributed by atoms with van der Waals surface area (Å²) in [5, 5.41) is 4.32. The molecule has 1 amide bonds. The molecule has 3 aromatic rings. The van der Waals surface area contributed by atoms with E-state index in [2.05, 4.69) is 21.2 Å².